The number of amides is 1. The summed E-state index contributed by atoms with van der Waals surface area (Å²) in [6.45, 7) is 7.11. The van der Waals surface area contributed by atoms with E-state index in [0.29, 0.717) is 18.0 Å². The molecule has 5 nitrogen and oxygen atoms in total. The van der Waals surface area contributed by atoms with Gasteiger partial charge in [0.15, 0.2) is 5.76 Å². The molecule has 1 atom stereocenters. The van der Waals surface area contributed by atoms with E-state index < -0.39 is 17.7 Å². The Morgan fingerprint density at radius 1 is 1.19 bits per heavy atom. The molecule has 0 saturated carbocycles. The lowest BCUT2D eigenvalue weighted by atomic mass is 10.0. The predicted octanol–water partition coefficient (Wildman–Crippen LogP) is 3.73. The van der Waals surface area contributed by atoms with E-state index in [1.807, 2.05) is 22.9 Å². The van der Waals surface area contributed by atoms with Crippen molar-refractivity contribution in [3.05, 3.63) is 56.1 Å². The van der Waals surface area contributed by atoms with Crippen LogP contribution in [0.4, 0.5) is 0 Å². The standard InChI is InChI=1S/C19H22N2O3S2/c1-3-20(4-2)9-10-21-16(13-7-5-11-25-13)15(18(23)19(21)24)17(22)14-8-6-12-26-14/h5-8,11-12,16,23H,3-4,9-10H2,1-2H3/t16-/m1/s1. The van der Waals surface area contributed by atoms with Gasteiger partial charge in [0.1, 0.15) is 0 Å². The normalized spacial score (nSPS) is 17.6. The molecule has 3 rings (SSSR count). The number of carbonyl (C=O) groups is 2. The molecule has 1 N–H and O–H groups in total. The van der Waals surface area contributed by atoms with Gasteiger partial charge >= 0.3 is 0 Å². The molecule has 1 aliphatic heterocycles. The Labute approximate surface area is 161 Å². The van der Waals surface area contributed by atoms with Crippen molar-refractivity contribution >= 4 is 34.4 Å². The van der Waals surface area contributed by atoms with Crippen LogP contribution < -0.4 is 0 Å². The summed E-state index contributed by atoms with van der Waals surface area (Å²) in [7, 11) is 0. The van der Waals surface area contributed by atoms with Crippen molar-refractivity contribution in [1.29, 1.82) is 0 Å². The molecular formula is C19H22N2O3S2. The maximum atomic E-state index is 13.0. The summed E-state index contributed by atoms with van der Waals surface area (Å²) in [6, 6.07) is 6.81. The number of ketones is 1. The first-order valence-electron chi connectivity index (χ1n) is 8.66. The fraction of sp³-hybridized carbons (Fsp3) is 0.368. The van der Waals surface area contributed by atoms with Gasteiger partial charge in [-0.15, -0.1) is 22.7 Å². The third-order valence-electron chi connectivity index (χ3n) is 4.66. The first kappa shape index (κ1) is 18.8. The molecule has 0 bridgehead atoms. The minimum Gasteiger partial charge on any atom is -0.503 e. The van der Waals surface area contributed by atoms with E-state index in [-0.39, 0.29) is 11.4 Å². The number of Topliss-reactive ketones (excluding diaryl/α,β-unsaturated/α-hetero) is 1. The number of aliphatic hydroxyl groups excluding tert-OH is 1. The van der Waals surface area contributed by atoms with E-state index in [4.69, 9.17) is 0 Å². The van der Waals surface area contributed by atoms with Crippen LogP contribution in [0.15, 0.2) is 46.4 Å². The van der Waals surface area contributed by atoms with Crippen molar-refractivity contribution in [2.75, 3.05) is 26.2 Å². The summed E-state index contributed by atoms with van der Waals surface area (Å²) >= 11 is 2.81. The van der Waals surface area contributed by atoms with Crippen LogP contribution in [-0.2, 0) is 4.79 Å². The molecular weight excluding hydrogens is 368 g/mol. The highest BCUT2D eigenvalue weighted by atomic mass is 32.1. The number of likely N-dealkylation sites (N-methyl/N-ethyl adjacent to an activating group) is 1. The molecule has 0 spiro atoms. The Morgan fingerprint density at radius 2 is 1.88 bits per heavy atom. The van der Waals surface area contributed by atoms with Gasteiger partial charge in [-0.2, -0.15) is 0 Å². The van der Waals surface area contributed by atoms with Crippen molar-refractivity contribution in [2.24, 2.45) is 0 Å². The minimum atomic E-state index is -0.521. The second kappa shape index (κ2) is 8.16. The van der Waals surface area contributed by atoms with Crippen LogP contribution in [-0.4, -0.2) is 52.8 Å². The summed E-state index contributed by atoms with van der Waals surface area (Å²) in [5, 5.41) is 14.3. The van der Waals surface area contributed by atoms with E-state index in [1.54, 1.807) is 17.0 Å². The first-order chi connectivity index (χ1) is 12.6. The highest BCUT2D eigenvalue weighted by molar-refractivity contribution is 7.12. The van der Waals surface area contributed by atoms with Crippen LogP contribution in [0.1, 0.15) is 34.4 Å². The summed E-state index contributed by atoms with van der Waals surface area (Å²) in [5.74, 6) is -1.15. The van der Waals surface area contributed by atoms with Crippen molar-refractivity contribution < 1.29 is 14.7 Å². The Kier molecular flexibility index (Phi) is 5.90. The van der Waals surface area contributed by atoms with Gasteiger partial charge in [-0.3, -0.25) is 9.59 Å². The van der Waals surface area contributed by atoms with E-state index in [2.05, 4.69) is 18.7 Å². The third-order valence-corrected chi connectivity index (χ3v) is 6.45. The van der Waals surface area contributed by atoms with E-state index in [1.165, 1.54) is 22.7 Å². The van der Waals surface area contributed by atoms with Crippen molar-refractivity contribution in [3.63, 3.8) is 0 Å². The quantitative estimate of drug-likeness (QED) is 0.698. The van der Waals surface area contributed by atoms with Gasteiger partial charge in [-0.1, -0.05) is 26.0 Å². The average Bonchev–Trinajstić information content (AvgIpc) is 3.39. The molecule has 0 unspecified atom stereocenters. The van der Waals surface area contributed by atoms with Crippen molar-refractivity contribution in [3.8, 4) is 0 Å². The molecule has 0 radical (unpaired) electrons. The van der Waals surface area contributed by atoms with Gasteiger partial charge in [-0.25, -0.2) is 0 Å². The second-order valence-electron chi connectivity index (χ2n) is 6.01. The fourth-order valence-electron chi connectivity index (χ4n) is 3.19. The number of thiophene rings is 2. The molecule has 1 aliphatic rings. The zero-order valence-corrected chi connectivity index (χ0v) is 16.5. The van der Waals surface area contributed by atoms with Crippen LogP contribution in [0, 0.1) is 0 Å². The molecule has 2 aromatic heterocycles. The maximum Gasteiger partial charge on any atom is 0.290 e. The maximum absolute atomic E-state index is 13.0. The van der Waals surface area contributed by atoms with Gasteiger partial charge in [0.2, 0.25) is 5.78 Å². The molecule has 138 valence electrons. The molecule has 1 amide bonds. The number of hydrogen-bond donors (Lipinski definition) is 1. The molecule has 2 aromatic rings. The molecule has 0 aliphatic carbocycles. The Balaban J connectivity index is 1.94. The zero-order chi connectivity index (χ0) is 18.7. The lowest BCUT2D eigenvalue weighted by molar-refractivity contribution is -0.129. The van der Waals surface area contributed by atoms with Crippen molar-refractivity contribution in [2.45, 2.75) is 19.9 Å². The van der Waals surface area contributed by atoms with Gasteiger partial charge < -0.3 is 14.9 Å². The molecule has 0 fully saturated rings. The van der Waals surface area contributed by atoms with Gasteiger partial charge in [0.05, 0.1) is 16.5 Å². The molecule has 0 saturated heterocycles. The predicted molar refractivity (Wildman–Crippen MR) is 105 cm³/mol. The highest BCUT2D eigenvalue weighted by Gasteiger charge is 2.44. The van der Waals surface area contributed by atoms with Crippen LogP contribution >= 0.6 is 22.7 Å². The van der Waals surface area contributed by atoms with Crippen LogP contribution in [0.5, 0.6) is 0 Å². The second-order valence-corrected chi connectivity index (χ2v) is 7.94. The number of rotatable bonds is 8. The average molecular weight is 391 g/mol. The first-order valence-corrected chi connectivity index (χ1v) is 10.4. The Hall–Kier alpha value is -1.96. The van der Waals surface area contributed by atoms with E-state index in [0.717, 1.165) is 18.0 Å². The summed E-state index contributed by atoms with van der Waals surface area (Å²) in [6.07, 6.45) is 0. The number of hydrogen-bond acceptors (Lipinski definition) is 6. The SMILES string of the molecule is CCN(CC)CCN1C(=O)C(O)=C(C(=O)c2cccs2)[C@H]1c1cccs1. The highest BCUT2D eigenvalue weighted by Crippen LogP contribution is 2.40. The smallest absolute Gasteiger partial charge is 0.290 e. The largest absolute Gasteiger partial charge is 0.503 e. The molecule has 26 heavy (non-hydrogen) atoms. The van der Waals surface area contributed by atoms with Gasteiger partial charge in [-0.05, 0) is 36.0 Å². The van der Waals surface area contributed by atoms with Crippen molar-refractivity contribution in [1.82, 2.24) is 9.80 Å². The van der Waals surface area contributed by atoms with Crippen LogP contribution in [0.2, 0.25) is 0 Å². The lowest BCUT2D eigenvalue weighted by Gasteiger charge is -2.28. The van der Waals surface area contributed by atoms with Crippen LogP contribution in [0.25, 0.3) is 0 Å². The summed E-state index contributed by atoms with van der Waals surface area (Å²) < 4.78 is 0. The third kappa shape index (κ3) is 3.47. The Morgan fingerprint density at radius 3 is 2.46 bits per heavy atom. The van der Waals surface area contributed by atoms with Crippen LogP contribution in [0.3, 0.4) is 0 Å². The molecule has 7 heteroatoms. The number of nitrogens with zero attached hydrogens (tertiary/aromatic N) is 2. The fourth-order valence-corrected chi connectivity index (χ4v) is 4.71. The number of carbonyl (C=O) groups excluding carboxylic acids is 2. The molecule has 0 aromatic carbocycles. The monoisotopic (exact) mass is 390 g/mol. The van der Waals surface area contributed by atoms with E-state index in [9.17, 15) is 14.7 Å². The molecule has 3 heterocycles. The zero-order valence-electron chi connectivity index (χ0n) is 14.8. The lowest BCUT2D eigenvalue weighted by Crippen LogP contribution is -2.38. The Bertz CT molecular complexity index is 793. The topological polar surface area (TPSA) is 60.9 Å². The van der Waals surface area contributed by atoms with Gasteiger partial charge in [0.25, 0.3) is 5.91 Å². The van der Waals surface area contributed by atoms with Gasteiger partial charge in [0, 0.05) is 18.0 Å². The summed E-state index contributed by atoms with van der Waals surface area (Å²) in [5.41, 5.74) is 0.194. The summed E-state index contributed by atoms with van der Waals surface area (Å²) in [4.78, 5) is 31.0. The minimum absolute atomic E-state index is 0.194. The van der Waals surface area contributed by atoms with E-state index >= 15 is 0 Å². The number of aliphatic hydroxyl groups is 1.